The molecule has 2 N–H and O–H groups in total. The quantitative estimate of drug-likeness (QED) is 0.654. The van der Waals surface area contributed by atoms with Gasteiger partial charge in [-0.25, -0.2) is 9.78 Å². The number of likely N-dealkylation sites (tertiary alicyclic amines) is 1. The van der Waals surface area contributed by atoms with Crippen molar-refractivity contribution in [1.82, 2.24) is 14.9 Å². The summed E-state index contributed by atoms with van der Waals surface area (Å²) in [5, 5.41) is 7.29. The number of amides is 1. The van der Waals surface area contributed by atoms with Gasteiger partial charge < -0.3 is 29.7 Å². The molecule has 1 atom stereocenters. The summed E-state index contributed by atoms with van der Waals surface area (Å²) >= 11 is 6.43. The summed E-state index contributed by atoms with van der Waals surface area (Å²) in [6, 6.07) is 0.321. The maximum Gasteiger partial charge on any atom is 0.410 e. The average molecular weight is 482 g/mol. The van der Waals surface area contributed by atoms with Crippen LogP contribution in [0.3, 0.4) is 0 Å². The molecule has 2 saturated heterocycles. The maximum absolute atomic E-state index is 12.3. The molecule has 0 radical (unpaired) electrons. The van der Waals surface area contributed by atoms with Crippen molar-refractivity contribution < 1.29 is 19.0 Å². The zero-order valence-electron chi connectivity index (χ0n) is 20.1. The Labute approximate surface area is 200 Å². The van der Waals surface area contributed by atoms with Crippen LogP contribution in [0.2, 0.25) is 5.02 Å². The van der Waals surface area contributed by atoms with E-state index in [9.17, 15) is 4.79 Å². The van der Waals surface area contributed by atoms with E-state index in [0.29, 0.717) is 49.2 Å². The van der Waals surface area contributed by atoms with Crippen LogP contribution in [0, 0.1) is 12.3 Å². The van der Waals surface area contributed by atoms with Crippen LogP contribution < -0.4 is 10.6 Å². The fourth-order valence-electron chi connectivity index (χ4n) is 4.77. The summed E-state index contributed by atoms with van der Waals surface area (Å²) in [5.74, 6) is 1.20. The molecule has 10 heteroatoms. The van der Waals surface area contributed by atoms with Gasteiger partial charge in [0.05, 0.1) is 31.6 Å². The zero-order chi connectivity index (χ0) is 23.6. The second-order valence-electron chi connectivity index (χ2n) is 10.5. The summed E-state index contributed by atoms with van der Waals surface area (Å²) in [7, 11) is 0. The normalized spacial score (nSPS) is 23.2. The Hall–Kier alpha value is -1.84. The lowest BCUT2D eigenvalue weighted by atomic mass is 9.60. The molecule has 4 rings (SSSR count). The number of aryl methyl sites for hydroxylation is 1. The number of piperidine rings is 1. The first-order valence-corrected chi connectivity index (χ1v) is 12.2. The van der Waals surface area contributed by atoms with Crippen molar-refractivity contribution in [1.29, 1.82) is 0 Å². The van der Waals surface area contributed by atoms with Crippen LogP contribution in [0.4, 0.5) is 16.6 Å². The number of aromatic nitrogens is 2. The van der Waals surface area contributed by atoms with Gasteiger partial charge in [-0.15, -0.1) is 0 Å². The van der Waals surface area contributed by atoms with Crippen LogP contribution in [-0.4, -0.2) is 78.2 Å². The minimum atomic E-state index is -0.459. The summed E-state index contributed by atoms with van der Waals surface area (Å²) in [6.07, 6.45) is 3.88. The SMILES string of the molecule is Cc1nc(NC2CC3(CCN(C(=O)OC(C)(C)C)CC3)C2)nc(NCC2COCCO2)c1Cl. The Balaban J connectivity index is 1.27. The largest absolute Gasteiger partial charge is 0.444 e. The molecular formula is C23H36ClN5O4. The molecule has 1 saturated carbocycles. The van der Waals surface area contributed by atoms with Gasteiger partial charge in [-0.2, -0.15) is 4.98 Å². The number of rotatable bonds is 5. The number of carbonyl (C=O) groups is 1. The molecule has 9 nitrogen and oxygen atoms in total. The van der Waals surface area contributed by atoms with E-state index in [1.165, 1.54) is 0 Å². The fourth-order valence-corrected chi connectivity index (χ4v) is 4.93. The Bertz CT molecular complexity index is 840. The second kappa shape index (κ2) is 9.80. The lowest BCUT2D eigenvalue weighted by molar-refractivity contribution is -0.0819. The predicted octanol–water partition coefficient (Wildman–Crippen LogP) is 3.86. The van der Waals surface area contributed by atoms with E-state index < -0.39 is 5.60 Å². The number of hydrogen-bond acceptors (Lipinski definition) is 8. The Kier molecular flexibility index (Phi) is 7.21. The summed E-state index contributed by atoms with van der Waals surface area (Å²) in [4.78, 5) is 23.3. The molecule has 1 aromatic heterocycles. The Morgan fingerprint density at radius 3 is 2.61 bits per heavy atom. The molecule has 184 valence electrons. The molecule has 3 fully saturated rings. The molecule has 33 heavy (non-hydrogen) atoms. The van der Waals surface area contributed by atoms with Crippen LogP contribution in [-0.2, 0) is 14.2 Å². The van der Waals surface area contributed by atoms with Gasteiger partial charge in [0.2, 0.25) is 5.95 Å². The number of hydrogen-bond donors (Lipinski definition) is 2. The summed E-state index contributed by atoms with van der Waals surface area (Å²) < 4.78 is 16.6. The minimum absolute atomic E-state index is 0.0143. The molecule has 1 amide bonds. The van der Waals surface area contributed by atoms with Gasteiger partial charge in [0.25, 0.3) is 0 Å². The summed E-state index contributed by atoms with van der Waals surface area (Å²) in [5.41, 5.74) is 0.563. The van der Waals surface area contributed by atoms with Crippen molar-refractivity contribution in [3.63, 3.8) is 0 Å². The third-order valence-corrected chi connectivity index (χ3v) is 7.02. The highest BCUT2D eigenvalue weighted by molar-refractivity contribution is 6.33. The van der Waals surface area contributed by atoms with Crippen molar-refractivity contribution in [2.24, 2.45) is 5.41 Å². The van der Waals surface area contributed by atoms with Crippen LogP contribution >= 0.6 is 11.6 Å². The van der Waals surface area contributed by atoms with E-state index in [1.807, 2.05) is 32.6 Å². The van der Waals surface area contributed by atoms with Gasteiger partial charge in [-0.1, -0.05) is 11.6 Å². The molecule has 0 aromatic carbocycles. The van der Waals surface area contributed by atoms with Crippen LogP contribution in [0.1, 0.15) is 52.1 Å². The first-order valence-electron chi connectivity index (χ1n) is 11.8. The van der Waals surface area contributed by atoms with Gasteiger partial charge >= 0.3 is 6.09 Å². The molecular weight excluding hydrogens is 446 g/mol. The molecule has 0 bridgehead atoms. The monoisotopic (exact) mass is 481 g/mol. The standard InChI is InChI=1S/C23H36ClN5O4/c1-15-18(24)19(25-13-17-14-31-9-10-32-17)28-20(26-15)27-16-11-23(12-16)5-7-29(8-6-23)21(30)33-22(2,3)4/h16-17H,5-14H2,1-4H3,(H2,25,26,27,28). The van der Waals surface area contributed by atoms with Crippen LogP contribution in [0.15, 0.2) is 0 Å². The van der Waals surface area contributed by atoms with Gasteiger partial charge in [0.15, 0.2) is 5.82 Å². The maximum atomic E-state index is 12.3. The fraction of sp³-hybridized carbons (Fsp3) is 0.783. The first-order chi connectivity index (χ1) is 15.6. The minimum Gasteiger partial charge on any atom is -0.444 e. The van der Waals surface area contributed by atoms with Crippen molar-refractivity contribution in [3.05, 3.63) is 10.7 Å². The number of anilines is 2. The topological polar surface area (TPSA) is 97.8 Å². The highest BCUT2D eigenvalue weighted by Crippen LogP contribution is 2.50. The highest BCUT2D eigenvalue weighted by Gasteiger charge is 2.47. The van der Waals surface area contributed by atoms with Crippen LogP contribution in [0.25, 0.3) is 0 Å². The number of carbonyl (C=O) groups excluding carboxylic acids is 1. The van der Waals surface area contributed by atoms with Crippen LogP contribution in [0.5, 0.6) is 0 Å². The molecule has 1 unspecified atom stereocenters. The van der Waals surface area contributed by atoms with E-state index in [0.717, 1.165) is 44.5 Å². The molecule has 3 heterocycles. The average Bonchev–Trinajstić information content (AvgIpc) is 2.74. The lowest BCUT2D eigenvalue weighted by Gasteiger charge is -2.52. The molecule has 1 aromatic rings. The molecule has 2 aliphatic heterocycles. The van der Waals surface area contributed by atoms with Gasteiger partial charge in [-0.05, 0) is 58.8 Å². The number of nitrogens with one attached hydrogen (secondary N) is 2. The summed E-state index contributed by atoms with van der Waals surface area (Å²) in [6.45, 7) is 11.5. The lowest BCUT2D eigenvalue weighted by Crippen LogP contribution is -2.53. The van der Waals surface area contributed by atoms with Gasteiger partial charge in [0.1, 0.15) is 10.6 Å². The molecule has 3 aliphatic rings. The van der Waals surface area contributed by atoms with E-state index in [1.54, 1.807) is 0 Å². The zero-order valence-corrected chi connectivity index (χ0v) is 20.8. The predicted molar refractivity (Wildman–Crippen MR) is 127 cm³/mol. The third-order valence-electron chi connectivity index (χ3n) is 6.57. The first kappa shape index (κ1) is 24.3. The molecule has 1 aliphatic carbocycles. The van der Waals surface area contributed by atoms with E-state index >= 15 is 0 Å². The van der Waals surface area contributed by atoms with Gasteiger partial charge in [-0.3, -0.25) is 0 Å². The Morgan fingerprint density at radius 1 is 1.24 bits per heavy atom. The van der Waals surface area contributed by atoms with Crippen molar-refractivity contribution in [2.75, 3.05) is 50.1 Å². The van der Waals surface area contributed by atoms with Crippen molar-refractivity contribution >= 4 is 29.5 Å². The van der Waals surface area contributed by atoms with E-state index in [4.69, 9.17) is 25.8 Å². The Morgan fingerprint density at radius 2 is 1.97 bits per heavy atom. The third kappa shape index (κ3) is 6.19. The van der Waals surface area contributed by atoms with E-state index in [2.05, 4.69) is 20.6 Å². The van der Waals surface area contributed by atoms with E-state index in [-0.39, 0.29) is 17.6 Å². The second-order valence-corrected chi connectivity index (χ2v) is 10.8. The number of nitrogens with zero attached hydrogens (tertiary/aromatic N) is 3. The number of halogens is 1. The number of ether oxygens (including phenoxy) is 3. The van der Waals surface area contributed by atoms with Gasteiger partial charge in [0, 0.05) is 25.7 Å². The van der Waals surface area contributed by atoms with Crippen molar-refractivity contribution in [2.45, 2.75) is 71.1 Å². The highest BCUT2D eigenvalue weighted by atomic mass is 35.5. The smallest absolute Gasteiger partial charge is 0.410 e. The molecule has 1 spiro atoms. The van der Waals surface area contributed by atoms with Crippen molar-refractivity contribution in [3.8, 4) is 0 Å².